The Balaban J connectivity index is 1.24. The summed E-state index contributed by atoms with van der Waals surface area (Å²) in [5.41, 5.74) is 0.610. The second-order valence-corrected chi connectivity index (χ2v) is 9.00. The maximum absolute atomic E-state index is 13.4. The number of aromatic nitrogens is 3. The monoisotopic (exact) mass is 466 g/mol. The van der Waals surface area contributed by atoms with Gasteiger partial charge in [-0.3, -0.25) is 4.90 Å². The third kappa shape index (κ3) is 4.44. The van der Waals surface area contributed by atoms with Crippen molar-refractivity contribution in [3.8, 4) is 5.88 Å². The highest BCUT2D eigenvalue weighted by molar-refractivity contribution is 6.32. The summed E-state index contributed by atoms with van der Waals surface area (Å²) in [6, 6.07) is 4.09. The van der Waals surface area contributed by atoms with Crippen molar-refractivity contribution >= 4 is 29.1 Å². The van der Waals surface area contributed by atoms with E-state index in [0.717, 1.165) is 31.7 Å². The fourth-order valence-corrected chi connectivity index (χ4v) is 4.88. The molecule has 32 heavy (non-hydrogen) atoms. The van der Waals surface area contributed by atoms with E-state index in [1.54, 1.807) is 18.5 Å². The van der Waals surface area contributed by atoms with Gasteiger partial charge in [-0.1, -0.05) is 11.6 Å². The molecule has 0 aromatic carbocycles. The Kier molecular flexibility index (Phi) is 5.77. The lowest BCUT2D eigenvalue weighted by molar-refractivity contribution is 0.0750. The Morgan fingerprint density at radius 3 is 2.66 bits per heavy atom. The first-order chi connectivity index (χ1) is 15.4. The van der Waals surface area contributed by atoms with Gasteiger partial charge in [-0.25, -0.2) is 18.7 Å². The molecule has 3 fully saturated rings. The average Bonchev–Trinajstić information content (AvgIpc) is 3.31. The molecule has 1 aliphatic carbocycles. The number of nitrogens with zero attached hydrogens (tertiary/aromatic N) is 5. The zero-order valence-electron chi connectivity index (χ0n) is 17.4. The number of rotatable bonds is 8. The van der Waals surface area contributed by atoms with Crippen molar-refractivity contribution in [2.75, 3.05) is 43.1 Å². The summed E-state index contributed by atoms with van der Waals surface area (Å²) in [6.45, 7) is 2.04. The van der Waals surface area contributed by atoms with Gasteiger partial charge in [0.2, 0.25) is 11.8 Å². The van der Waals surface area contributed by atoms with Crippen LogP contribution in [-0.4, -0.2) is 75.8 Å². The normalized spacial score (nSPS) is 26.2. The van der Waals surface area contributed by atoms with Gasteiger partial charge in [0.15, 0.2) is 0 Å². The van der Waals surface area contributed by atoms with Crippen LogP contribution >= 0.6 is 11.6 Å². The maximum Gasteiger partial charge on any atom is 0.252 e. The van der Waals surface area contributed by atoms with Crippen LogP contribution in [0.25, 0.3) is 0 Å². The van der Waals surface area contributed by atoms with E-state index in [9.17, 15) is 8.78 Å². The molecule has 2 saturated heterocycles. The molecule has 5 rings (SSSR count). The quantitative estimate of drug-likeness (QED) is 0.614. The molecule has 0 radical (unpaired) electrons. The van der Waals surface area contributed by atoms with Crippen molar-refractivity contribution in [1.82, 2.24) is 19.9 Å². The summed E-state index contributed by atoms with van der Waals surface area (Å²) in [7, 11) is 0. The zero-order valence-corrected chi connectivity index (χ0v) is 18.2. The van der Waals surface area contributed by atoms with Gasteiger partial charge in [0.05, 0.1) is 18.5 Å². The molecule has 0 amide bonds. The van der Waals surface area contributed by atoms with Crippen LogP contribution in [0.4, 0.5) is 26.2 Å². The molecule has 11 heteroatoms. The first-order valence-electron chi connectivity index (χ1n) is 10.8. The van der Waals surface area contributed by atoms with Gasteiger partial charge in [0.25, 0.3) is 5.92 Å². The summed E-state index contributed by atoms with van der Waals surface area (Å²) in [5.74, 6) is -1.48. The third-order valence-corrected chi connectivity index (χ3v) is 6.65. The zero-order chi connectivity index (χ0) is 22.3. The molecule has 3 atom stereocenters. The number of piperazine rings is 1. The van der Waals surface area contributed by atoms with Gasteiger partial charge >= 0.3 is 0 Å². The van der Waals surface area contributed by atoms with Gasteiger partial charge in [0.1, 0.15) is 17.4 Å². The summed E-state index contributed by atoms with van der Waals surface area (Å²) < 4.78 is 32.1. The number of fused-ring (bicyclic) bond motifs is 2. The highest BCUT2D eigenvalue weighted by Crippen LogP contribution is 2.50. The van der Waals surface area contributed by atoms with E-state index in [4.69, 9.17) is 21.4 Å². The predicted molar refractivity (Wildman–Crippen MR) is 116 cm³/mol. The van der Waals surface area contributed by atoms with E-state index >= 15 is 0 Å². The van der Waals surface area contributed by atoms with Crippen molar-refractivity contribution in [2.45, 2.75) is 37.3 Å². The lowest BCUT2D eigenvalue weighted by Gasteiger charge is -2.41. The van der Waals surface area contributed by atoms with Crippen molar-refractivity contribution in [3.63, 3.8) is 0 Å². The largest absolute Gasteiger partial charge is 0.474 e. The third-order valence-electron chi connectivity index (χ3n) is 6.38. The number of anilines is 3. The number of hydrogen-bond acceptors (Lipinski definition) is 8. The predicted octanol–water partition coefficient (Wildman–Crippen LogP) is 2.95. The van der Waals surface area contributed by atoms with Crippen LogP contribution in [0.2, 0.25) is 5.02 Å². The van der Waals surface area contributed by atoms with Crippen LogP contribution in [0, 0.1) is 5.92 Å². The minimum atomic E-state index is -2.47. The SMILES string of the molecule is OCCOc1ncc(Nc2nccc(N3CC4CC[C@H](C3)N4CC3CC3(F)F)n2)cc1Cl. The molecule has 2 unspecified atom stereocenters. The van der Waals surface area contributed by atoms with Crippen LogP contribution in [0.15, 0.2) is 24.5 Å². The van der Waals surface area contributed by atoms with E-state index in [-0.39, 0.29) is 37.6 Å². The van der Waals surface area contributed by atoms with E-state index < -0.39 is 11.8 Å². The molecule has 172 valence electrons. The van der Waals surface area contributed by atoms with Crippen molar-refractivity contribution in [2.24, 2.45) is 5.92 Å². The Bertz CT molecular complexity index is 969. The number of pyridine rings is 1. The Morgan fingerprint density at radius 2 is 2.00 bits per heavy atom. The molecule has 2 N–H and O–H groups in total. The summed E-state index contributed by atoms with van der Waals surface area (Å²) >= 11 is 6.19. The molecule has 3 aliphatic rings. The molecule has 2 aromatic rings. The van der Waals surface area contributed by atoms with Gasteiger partial charge in [-0.05, 0) is 25.0 Å². The number of hydrogen-bond donors (Lipinski definition) is 2. The number of ether oxygens (including phenoxy) is 1. The van der Waals surface area contributed by atoms with Crippen LogP contribution in [0.3, 0.4) is 0 Å². The molecule has 0 spiro atoms. The highest BCUT2D eigenvalue weighted by atomic mass is 35.5. The van der Waals surface area contributed by atoms with Gasteiger partial charge in [-0.2, -0.15) is 4.98 Å². The van der Waals surface area contributed by atoms with Crippen LogP contribution in [-0.2, 0) is 0 Å². The first kappa shape index (κ1) is 21.5. The maximum atomic E-state index is 13.4. The fraction of sp³-hybridized carbons (Fsp3) is 0.571. The summed E-state index contributed by atoms with van der Waals surface area (Å²) in [5, 5.41) is 12.3. The second kappa shape index (κ2) is 8.57. The van der Waals surface area contributed by atoms with Crippen LogP contribution in [0.1, 0.15) is 19.3 Å². The number of aliphatic hydroxyl groups is 1. The number of alkyl halides is 2. The van der Waals surface area contributed by atoms with E-state index in [1.807, 2.05) is 6.07 Å². The van der Waals surface area contributed by atoms with Crippen LogP contribution < -0.4 is 15.0 Å². The van der Waals surface area contributed by atoms with E-state index in [2.05, 4.69) is 30.1 Å². The first-order valence-corrected chi connectivity index (χ1v) is 11.2. The molecule has 2 aliphatic heterocycles. The smallest absolute Gasteiger partial charge is 0.252 e. The average molecular weight is 467 g/mol. The Morgan fingerprint density at radius 1 is 1.25 bits per heavy atom. The van der Waals surface area contributed by atoms with E-state index in [0.29, 0.717) is 23.2 Å². The van der Waals surface area contributed by atoms with Crippen molar-refractivity contribution in [1.29, 1.82) is 0 Å². The summed E-state index contributed by atoms with van der Waals surface area (Å²) in [6.07, 6.45) is 5.34. The lowest BCUT2D eigenvalue weighted by Crippen LogP contribution is -2.54. The van der Waals surface area contributed by atoms with Crippen LogP contribution in [0.5, 0.6) is 5.88 Å². The molecule has 4 heterocycles. The number of nitrogens with one attached hydrogen (secondary N) is 1. The Hall–Kier alpha value is -2.30. The lowest BCUT2D eigenvalue weighted by atomic mass is 10.1. The molecule has 2 aromatic heterocycles. The molecular formula is C21H25ClF2N6O2. The second-order valence-electron chi connectivity index (χ2n) is 8.60. The number of halogens is 3. The molecular weight excluding hydrogens is 442 g/mol. The standard InChI is InChI=1S/C21H25ClF2N6O2/c22-17-7-14(9-26-19(17)32-6-5-31)27-20-25-4-3-18(28-20)29-11-15-1-2-16(12-29)30(15)10-13-8-21(13,23)24/h3-4,7,9,13,15-16,31H,1-2,5-6,8,10-12H2,(H,25,27,28)/t13?,15-,16?/m1/s1. The molecule has 2 bridgehead atoms. The van der Waals surface area contributed by atoms with Gasteiger partial charge < -0.3 is 20.1 Å². The molecule has 8 nitrogen and oxygen atoms in total. The topological polar surface area (TPSA) is 86.6 Å². The van der Waals surface area contributed by atoms with E-state index in [1.165, 1.54) is 0 Å². The minimum Gasteiger partial charge on any atom is -0.474 e. The minimum absolute atomic E-state index is 0.0288. The Labute approximate surface area is 189 Å². The number of aliphatic hydroxyl groups excluding tert-OH is 1. The van der Waals surface area contributed by atoms with Crippen molar-refractivity contribution in [3.05, 3.63) is 29.5 Å². The van der Waals surface area contributed by atoms with Gasteiger partial charge in [-0.15, -0.1) is 0 Å². The summed E-state index contributed by atoms with van der Waals surface area (Å²) in [4.78, 5) is 17.6. The van der Waals surface area contributed by atoms with Gasteiger partial charge in [0, 0.05) is 50.3 Å². The van der Waals surface area contributed by atoms with Crippen molar-refractivity contribution < 1.29 is 18.6 Å². The highest BCUT2D eigenvalue weighted by Gasteiger charge is 2.58. The molecule has 1 saturated carbocycles. The fourth-order valence-electron chi connectivity index (χ4n) is 4.65.